The van der Waals surface area contributed by atoms with Crippen LogP contribution < -0.4 is 9.80 Å². The van der Waals surface area contributed by atoms with E-state index in [1.807, 2.05) is 18.2 Å². The minimum Gasteiger partial charge on any atom is -0.318 e. The van der Waals surface area contributed by atoms with Gasteiger partial charge < -0.3 is 9.80 Å². The Kier molecular flexibility index (Phi) is 5.71. The average Bonchev–Trinajstić information content (AvgIpc) is 3.25. The predicted octanol–water partition coefficient (Wildman–Crippen LogP) is 8.84. The second kappa shape index (κ2) is 9.33. The van der Waals surface area contributed by atoms with Crippen LogP contribution in [0.3, 0.4) is 0 Å². The maximum Gasteiger partial charge on any atom is 0.108 e. The number of aryl methyl sites for hydroxylation is 1. The van der Waals surface area contributed by atoms with Crippen molar-refractivity contribution in [3.05, 3.63) is 132 Å². The van der Waals surface area contributed by atoms with Crippen molar-refractivity contribution >= 4 is 22.7 Å². The first-order valence-electron chi connectivity index (χ1n) is 12.6. The summed E-state index contributed by atoms with van der Waals surface area (Å²) < 4.78 is 0. The van der Waals surface area contributed by atoms with Crippen molar-refractivity contribution in [2.24, 2.45) is 0 Å². The molecule has 3 heteroatoms. The number of hydrogen-bond acceptors (Lipinski definition) is 3. The molecular formula is C34H27N3. The van der Waals surface area contributed by atoms with Crippen LogP contribution in [0.2, 0.25) is 0 Å². The molecule has 0 aromatic heterocycles. The number of para-hydroxylation sites is 3. The van der Waals surface area contributed by atoms with Crippen LogP contribution in [0, 0.1) is 18.3 Å². The second-order valence-electron chi connectivity index (χ2n) is 9.41. The topological polar surface area (TPSA) is 30.3 Å². The van der Waals surface area contributed by atoms with E-state index in [2.05, 4.69) is 133 Å². The van der Waals surface area contributed by atoms with Crippen LogP contribution in [0.4, 0.5) is 22.7 Å². The van der Waals surface area contributed by atoms with Gasteiger partial charge in [-0.1, -0.05) is 97.1 Å². The van der Waals surface area contributed by atoms with Crippen LogP contribution in [0.5, 0.6) is 0 Å². The van der Waals surface area contributed by atoms with Crippen molar-refractivity contribution in [1.29, 1.82) is 5.26 Å². The van der Waals surface area contributed by atoms with Crippen molar-refractivity contribution in [2.45, 2.75) is 20.0 Å². The standard InChI is InChI=1S/C34H27N3/c1-24-20-21-26(23-35)22-33(24)36-25(2)37(32-19-10-9-18-31(32)36)34-29(27-12-5-3-6-13-27)16-11-17-30(34)28-14-7-4-8-15-28/h3-22,25H,1-2H3. The van der Waals surface area contributed by atoms with Crippen LogP contribution in [-0.4, -0.2) is 6.17 Å². The molecular weight excluding hydrogens is 450 g/mol. The molecule has 178 valence electrons. The lowest BCUT2D eigenvalue weighted by Crippen LogP contribution is -2.36. The zero-order chi connectivity index (χ0) is 25.4. The van der Waals surface area contributed by atoms with Gasteiger partial charge in [-0.25, -0.2) is 0 Å². The third-order valence-electron chi connectivity index (χ3n) is 7.19. The number of nitrogens with zero attached hydrogens (tertiary/aromatic N) is 3. The molecule has 0 aliphatic carbocycles. The van der Waals surface area contributed by atoms with Gasteiger partial charge in [-0.3, -0.25) is 0 Å². The number of benzene rings is 5. The molecule has 1 heterocycles. The molecule has 0 saturated heterocycles. The van der Waals surface area contributed by atoms with Crippen LogP contribution in [0.15, 0.2) is 121 Å². The van der Waals surface area contributed by atoms with Gasteiger partial charge in [0.15, 0.2) is 0 Å². The highest BCUT2D eigenvalue weighted by molar-refractivity contribution is 5.99. The zero-order valence-electron chi connectivity index (χ0n) is 21.0. The highest BCUT2D eigenvalue weighted by Gasteiger charge is 2.37. The van der Waals surface area contributed by atoms with E-state index >= 15 is 0 Å². The molecule has 0 N–H and O–H groups in total. The fraction of sp³-hybridized carbons (Fsp3) is 0.0882. The van der Waals surface area contributed by atoms with E-state index in [9.17, 15) is 5.26 Å². The normalized spacial score (nSPS) is 14.4. The molecule has 5 aromatic carbocycles. The first kappa shape index (κ1) is 22.6. The molecule has 1 atom stereocenters. The summed E-state index contributed by atoms with van der Waals surface area (Å²) in [6.45, 7) is 4.36. The lowest BCUT2D eigenvalue weighted by atomic mass is 9.94. The average molecular weight is 478 g/mol. The van der Waals surface area contributed by atoms with Crippen molar-refractivity contribution in [1.82, 2.24) is 0 Å². The first-order valence-corrected chi connectivity index (χ1v) is 12.6. The minimum atomic E-state index is -0.0163. The van der Waals surface area contributed by atoms with Crippen LogP contribution in [0.25, 0.3) is 22.3 Å². The molecule has 0 radical (unpaired) electrons. The Morgan fingerprint density at radius 3 is 1.70 bits per heavy atom. The summed E-state index contributed by atoms with van der Waals surface area (Å²) in [5.41, 5.74) is 11.1. The van der Waals surface area contributed by atoms with Crippen LogP contribution in [0.1, 0.15) is 18.1 Å². The molecule has 0 saturated carbocycles. The Morgan fingerprint density at radius 2 is 1.14 bits per heavy atom. The molecule has 0 spiro atoms. The van der Waals surface area contributed by atoms with Crippen molar-refractivity contribution in [3.8, 4) is 28.3 Å². The van der Waals surface area contributed by atoms with Gasteiger partial charge in [0, 0.05) is 16.8 Å². The van der Waals surface area contributed by atoms with Gasteiger partial charge in [-0.2, -0.15) is 5.26 Å². The monoisotopic (exact) mass is 477 g/mol. The number of rotatable bonds is 4. The fourth-order valence-electron chi connectivity index (χ4n) is 5.47. The highest BCUT2D eigenvalue weighted by atomic mass is 15.4. The molecule has 1 aliphatic heterocycles. The second-order valence-corrected chi connectivity index (χ2v) is 9.41. The fourth-order valence-corrected chi connectivity index (χ4v) is 5.47. The molecule has 0 amide bonds. The quantitative estimate of drug-likeness (QED) is 0.259. The van der Waals surface area contributed by atoms with Gasteiger partial charge >= 0.3 is 0 Å². The van der Waals surface area contributed by atoms with Crippen LogP contribution >= 0.6 is 0 Å². The summed E-state index contributed by atoms with van der Waals surface area (Å²) >= 11 is 0. The molecule has 6 rings (SSSR count). The third-order valence-corrected chi connectivity index (χ3v) is 7.19. The lowest BCUT2D eigenvalue weighted by Gasteiger charge is -2.34. The lowest BCUT2D eigenvalue weighted by molar-refractivity contribution is 0.760. The first-order chi connectivity index (χ1) is 18.2. The van der Waals surface area contributed by atoms with E-state index < -0.39 is 0 Å². The zero-order valence-corrected chi connectivity index (χ0v) is 21.0. The predicted molar refractivity (Wildman–Crippen MR) is 153 cm³/mol. The van der Waals surface area contributed by atoms with Gasteiger partial charge in [0.2, 0.25) is 0 Å². The van der Waals surface area contributed by atoms with Gasteiger partial charge in [0.1, 0.15) is 6.17 Å². The molecule has 3 nitrogen and oxygen atoms in total. The maximum absolute atomic E-state index is 9.63. The third kappa shape index (κ3) is 3.84. The van der Waals surface area contributed by atoms with Crippen molar-refractivity contribution in [3.63, 3.8) is 0 Å². The Bertz CT molecular complexity index is 1560. The van der Waals surface area contributed by atoms with Gasteiger partial charge in [0.05, 0.1) is 28.7 Å². The van der Waals surface area contributed by atoms with E-state index in [1.165, 1.54) is 27.9 Å². The van der Waals surface area contributed by atoms with Crippen LogP contribution in [-0.2, 0) is 0 Å². The number of fused-ring (bicyclic) bond motifs is 1. The van der Waals surface area contributed by atoms with E-state index in [4.69, 9.17) is 0 Å². The molecule has 0 bridgehead atoms. The van der Waals surface area contributed by atoms with E-state index in [0.29, 0.717) is 5.56 Å². The highest BCUT2D eigenvalue weighted by Crippen LogP contribution is 2.52. The molecule has 37 heavy (non-hydrogen) atoms. The summed E-state index contributed by atoms with van der Waals surface area (Å²) in [6, 6.07) is 44.6. The molecule has 5 aromatic rings. The Morgan fingerprint density at radius 1 is 0.595 bits per heavy atom. The molecule has 1 aliphatic rings. The number of hydrogen-bond donors (Lipinski definition) is 0. The van der Waals surface area contributed by atoms with Gasteiger partial charge in [-0.15, -0.1) is 0 Å². The van der Waals surface area contributed by atoms with E-state index in [1.54, 1.807) is 0 Å². The number of nitriles is 1. The molecule has 0 fully saturated rings. The van der Waals surface area contributed by atoms with Crippen molar-refractivity contribution in [2.75, 3.05) is 9.80 Å². The maximum atomic E-state index is 9.63. The summed E-state index contributed by atoms with van der Waals surface area (Å²) in [4.78, 5) is 4.82. The summed E-state index contributed by atoms with van der Waals surface area (Å²) in [7, 11) is 0. The minimum absolute atomic E-state index is 0.0163. The Hall–Kier alpha value is -4.81. The summed E-state index contributed by atoms with van der Waals surface area (Å²) in [5, 5.41) is 9.63. The number of anilines is 4. The van der Waals surface area contributed by atoms with Gasteiger partial charge in [0.25, 0.3) is 0 Å². The molecule has 1 unspecified atom stereocenters. The SMILES string of the molecule is Cc1ccc(C#N)cc1N1c2ccccc2N(c2c(-c3ccccc3)cccc2-c2ccccc2)C1C. The van der Waals surface area contributed by atoms with E-state index in [-0.39, 0.29) is 6.17 Å². The largest absolute Gasteiger partial charge is 0.318 e. The smallest absolute Gasteiger partial charge is 0.108 e. The summed E-state index contributed by atoms with van der Waals surface area (Å²) in [6.07, 6.45) is -0.0163. The Labute approximate surface area is 218 Å². The Balaban J connectivity index is 1.63. The van der Waals surface area contributed by atoms with Gasteiger partial charge in [-0.05, 0) is 54.8 Å². The van der Waals surface area contributed by atoms with E-state index in [0.717, 1.165) is 22.6 Å². The summed E-state index contributed by atoms with van der Waals surface area (Å²) in [5.74, 6) is 0. The van der Waals surface area contributed by atoms with Crippen molar-refractivity contribution < 1.29 is 0 Å².